The average molecular weight is 853 g/mol. The molecule has 0 N–H and O–H groups in total. The van der Waals surface area contributed by atoms with Crippen LogP contribution in [-0.2, 0) is 0 Å². The first-order chi connectivity index (χ1) is 31.7. The number of ketones is 2. The van der Waals surface area contributed by atoms with Gasteiger partial charge in [0.2, 0.25) is 0 Å². The van der Waals surface area contributed by atoms with Crippen molar-refractivity contribution in [1.29, 1.82) is 0 Å². The van der Waals surface area contributed by atoms with Gasteiger partial charge >= 0.3 is 0 Å². The number of amides is 4. The molecular weight excluding hydrogens is 821 g/mol. The van der Waals surface area contributed by atoms with Gasteiger partial charge in [-0.3, -0.25) is 28.8 Å². The van der Waals surface area contributed by atoms with Crippen LogP contribution in [0.1, 0.15) is 73.3 Å². The van der Waals surface area contributed by atoms with Gasteiger partial charge in [-0.2, -0.15) is 0 Å². The molecule has 65 heavy (non-hydrogen) atoms. The van der Waals surface area contributed by atoms with Crippen LogP contribution in [0.15, 0.2) is 194 Å². The summed E-state index contributed by atoms with van der Waals surface area (Å²) in [5, 5.41) is 0. The quantitative estimate of drug-likeness (QED) is 0.0868. The second kappa shape index (κ2) is 16.6. The van der Waals surface area contributed by atoms with Crippen molar-refractivity contribution >= 4 is 46.6 Å². The van der Waals surface area contributed by atoms with Crippen LogP contribution in [0.3, 0.4) is 0 Å². The first kappa shape index (κ1) is 39.9. The van der Waals surface area contributed by atoms with Crippen LogP contribution in [0.2, 0.25) is 0 Å². The Kier molecular flexibility index (Phi) is 10.2. The Bertz CT molecular complexity index is 2990. The van der Waals surface area contributed by atoms with Crippen molar-refractivity contribution in [3.05, 3.63) is 239 Å². The lowest BCUT2D eigenvalue weighted by Gasteiger charge is -2.16. The van der Waals surface area contributed by atoms with Gasteiger partial charge in [-0.1, -0.05) is 48.5 Å². The Labute approximate surface area is 371 Å². The fraction of sp³-hybridized carbons (Fsp3) is 0. The lowest BCUT2D eigenvalue weighted by Crippen LogP contribution is -2.29. The van der Waals surface area contributed by atoms with E-state index in [1.54, 1.807) is 97.1 Å². The van der Waals surface area contributed by atoms with Crippen LogP contribution in [0, 0.1) is 0 Å². The zero-order chi connectivity index (χ0) is 44.6. The van der Waals surface area contributed by atoms with E-state index in [-0.39, 0.29) is 44.9 Å². The van der Waals surface area contributed by atoms with E-state index in [1.807, 2.05) is 60.7 Å². The van der Waals surface area contributed by atoms with Crippen molar-refractivity contribution in [3.63, 3.8) is 0 Å². The van der Waals surface area contributed by atoms with Crippen molar-refractivity contribution in [3.8, 4) is 34.5 Å². The molecule has 0 unspecified atom stereocenters. The number of ether oxygens (including phenoxy) is 3. The number of imide groups is 2. The van der Waals surface area contributed by atoms with Crippen LogP contribution in [-0.4, -0.2) is 35.2 Å². The Morgan fingerprint density at radius 2 is 0.569 bits per heavy atom. The molecule has 2 heterocycles. The number of rotatable bonds is 12. The summed E-state index contributed by atoms with van der Waals surface area (Å²) < 4.78 is 17.7. The number of hydrogen-bond acceptors (Lipinski definition) is 9. The Hall–Kier alpha value is -9.22. The molecule has 2 aliphatic heterocycles. The summed E-state index contributed by atoms with van der Waals surface area (Å²) in [6, 6.07) is 53.5. The minimum Gasteiger partial charge on any atom is -0.457 e. The van der Waals surface area contributed by atoms with Gasteiger partial charge in [0.25, 0.3) is 23.6 Å². The number of benzene rings is 8. The summed E-state index contributed by atoms with van der Waals surface area (Å²) >= 11 is 0. The van der Waals surface area contributed by atoms with E-state index in [4.69, 9.17) is 14.2 Å². The molecule has 0 saturated carbocycles. The van der Waals surface area contributed by atoms with Gasteiger partial charge in [-0.25, -0.2) is 9.80 Å². The van der Waals surface area contributed by atoms with E-state index >= 15 is 0 Å². The minimum absolute atomic E-state index is 0.119. The fourth-order valence-electron chi connectivity index (χ4n) is 7.63. The van der Waals surface area contributed by atoms with Gasteiger partial charge in [0.15, 0.2) is 11.6 Å². The molecule has 0 bridgehead atoms. The second-order valence-electron chi connectivity index (χ2n) is 15.0. The summed E-state index contributed by atoms with van der Waals surface area (Å²) in [6.45, 7) is 0. The normalized spacial score (nSPS) is 12.8. The van der Waals surface area contributed by atoms with Crippen molar-refractivity contribution in [1.82, 2.24) is 0 Å². The summed E-state index contributed by atoms with van der Waals surface area (Å²) in [5.41, 5.74) is 2.53. The number of nitrogens with zero attached hydrogens (tertiary/aromatic N) is 2. The Morgan fingerprint density at radius 1 is 0.292 bits per heavy atom. The van der Waals surface area contributed by atoms with Gasteiger partial charge in [0.05, 0.1) is 33.6 Å². The fourth-order valence-corrected chi connectivity index (χ4v) is 7.63. The molecule has 0 saturated heterocycles. The highest BCUT2D eigenvalue weighted by Crippen LogP contribution is 2.35. The number of fused-ring (bicyclic) bond motifs is 2. The largest absolute Gasteiger partial charge is 0.457 e. The standard InChI is InChI=1S/C54H32N2O9/c57-49(33-11-21-41(22-12-33)63-39-7-3-1-4-8-39)35-15-29-45-47(31-35)53(61)55(51(45)59)37-17-25-43(26-18-37)65-44-27-19-38(20-28-44)56-52(60)46-30-16-36(32-48(46)54(56)62)50(58)34-13-23-42(24-14-34)64-40-9-5-2-6-10-40/h1-32H. The highest BCUT2D eigenvalue weighted by molar-refractivity contribution is 6.36. The molecule has 4 amide bonds. The van der Waals surface area contributed by atoms with E-state index in [0.717, 1.165) is 9.80 Å². The first-order valence-corrected chi connectivity index (χ1v) is 20.4. The topological polar surface area (TPSA) is 137 Å². The molecule has 0 atom stereocenters. The number of anilines is 2. The zero-order valence-corrected chi connectivity index (χ0v) is 34.0. The number of para-hydroxylation sites is 2. The molecule has 8 aromatic carbocycles. The summed E-state index contributed by atoms with van der Waals surface area (Å²) in [5.74, 6) is 0.442. The Balaban J connectivity index is 0.774. The lowest BCUT2D eigenvalue weighted by molar-refractivity contribution is 0.0910. The van der Waals surface area contributed by atoms with Crippen LogP contribution >= 0.6 is 0 Å². The Morgan fingerprint density at radius 3 is 0.908 bits per heavy atom. The third-order valence-corrected chi connectivity index (χ3v) is 10.9. The number of carbonyl (C=O) groups excluding carboxylic acids is 6. The van der Waals surface area contributed by atoms with Gasteiger partial charge in [0.1, 0.15) is 34.5 Å². The van der Waals surface area contributed by atoms with Gasteiger partial charge in [-0.05, 0) is 146 Å². The predicted octanol–water partition coefficient (Wildman–Crippen LogP) is 11.1. The highest BCUT2D eigenvalue weighted by Gasteiger charge is 2.38. The molecule has 312 valence electrons. The maximum Gasteiger partial charge on any atom is 0.266 e. The molecule has 0 aliphatic carbocycles. The average Bonchev–Trinajstić information content (AvgIpc) is 3.75. The van der Waals surface area contributed by atoms with Crippen molar-refractivity contribution < 1.29 is 43.0 Å². The maximum absolute atomic E-state index is 13.6. The number of hydrogen-bond donors (Lipinski definition) is 0. The summed E-state index contributed by atoms with van der Waals surface area (Å²) in [7, 11) is 0. The first-order valence-electron chi connectivity index (χ1n) is 20.4. The smallest absolute Gasteiger partial charge is 0.266 e. The van der Waals surface area contributed by atoms with E-state index in [0.29, 0.717) is 57.0 Å². The van der Waals surface area contributed by atoms with Gasteiger partial charge < -0.3 is 14.2 Å². The van der Waals surface area contributed by atoms with Crippen LogP contribution in [0.4, 0.5) is 11.4 Å². The van der Waals surface area contributed by atoms with Crippen molar-refractivity contribution in [2.24, 2.45) is 0 Å². The predicted molar refractivity (Wildman–Crippen MR) is 241 cm³/mol. The highest BCUT2D eigenvalue weighted by atomic mass is 16.5. The van der Waals surface area contributed by atoms with E-state index in [9.17, 15) is 28.8 Å². The third-order valence-electron chi connectivity index (χ3n) is 10.9. The van der Waals surface area contributed by atoms with Crippen LogP contribution in [0.5, 0.6) is 34.5 Å². The van der Waals surface area contributed by atoms with E-state index in [1.165, 1.54) is 36.4 Å². The molecule has 2 aliphatic rings. The zero-order valence-electron chi connectivity index (χ0n) is 34.0. The molecule has 0 spiro atoms. The lowest BCUT2D eigenvalue weighted by atomic mass is 9.99. The number of carbonyl (C=O) groups is 6. The van der Waals surface area contributed by atoms with Gasteiger partial charge in [-0.15, -0.1) is 0 Å². The summed E-state index contributed by atoms with van der Waals surface area (Å²) in [4.78, 5) is 83.0. The maximum atomic E-state index is 13.6. The second-order valence-corrected chi connectivity index (χ2v) is 15.0. The molecule has 0 radical (unpaired) electrons. The van der Waals surface area contributed by atoms with Crippen LogP contribution < -0.4 is 24.0 Å². The van der Waals surface area contributed by atoms with Crippen molar-refractivity contribution in [2.45, 2.75) is 0 Å². The molecule has 0 aromatic heterocycles. The van der Waals surface area contributed by atoms with Crippen molar-refractivity contribution in [2.75, 3.05) is 9.80 Å². The monoisotopic (exact) mass is 852 g/mol. The van der Waals surface area contributed by atoms with Gasteiger partial charge in [0, 0.05) is 22.3 Å². The molecule has 10 rings (SSSR count). The van der Waals surface area contributed by atoms with Crippen LogP contribution in [0.25, 0.3) is 0 Å². The minimum atomic E-state index is -0.563. The summed E-state index contributed by atoms with van der Waals surface area (Å²) in [6.07, 6.45) is 0. The molecule has 8 aromatic rings. The van der Waals surface area contributed by atoms with E-state index in [2.05, 4.69) is 0 Å². The SMILES string of the molecule is O=C(c1ccc(Oc2ccccc2)cc1)c1ccc2c(c1)C(=O)N(c1ccc(Oc3ccc(N4C(=O)c5ccc(C(=O)c6ccc(Oc7ccccc7)cc6)cc5C4=O)cc3)cc1)C2=O. The third kappa shape index (κ3) is 7.70. The molecule has 11 nitrogen and oxygen atoms in total. The molecular formula is C54H32N2O9. The molecule has 0 fully saturated rings. The van der Waals surface area contributed by atoms with E-state index < -0.39 is 23.6 Å². The molecule has 11 heteroatoms.